The van der Waals surface area contributed by atoms with Gasteiger partial charge in [-0.2, -0.15) is 0 Å². The van der Waals surface area contributed by atoms with Crippen molar-refractivity contribution in [3.05, 3.63) is 40.4 Å². The highest BCUT2D eigenvalue weighted by Crippen LogP contribution is 2.15. The van der Waals surface area contributed by atoms with E-state index in [1.165, 1.54) is 5.56 Å². The third-order valence-corrected chi connectivity index (χ3v) is 1.91. The van der Waals surface area contributed by atoms with Crippen LogP contribution in [0.15, 0.2) is 24.3 Å². The summed E-state index contributed by atoms with van der Waals surface area (Å²) in [5, 5.41) is 3.84. The summed E-state index contributed by atoms with van der Waals surface area (Å²) in [7, 11) is 1.92. The number of hydrogen-bond acceptors (Lipinski definition) is 1. The minimum Gasteiger partial charge on any atom is -0.316 e. The highest BCUT2D eigenvalue weighted by atomic mass is 35.5. The van der Waals surface area contributed by atoms with E-state index in [4.69, 9.17) is 11.6 Å². The van der Waals surface area contributed by atoms with Gasteiger partial charge in [-0.3, -0.25) is 0 Å². The van der Waals surface area contributed by atoms with Crippen LogP contribution in [0.4, 0.5) is 0 Å². The lowest BCUT2D eigenvalue weighted by Gasteiger charge is -1.98. The molecule has 0 atom stereocenters. The second kappa shape index (κ2) is 5.05. The van der Waals surface area contributed by atoms with E-state index < -0.39 is 0 Å². The van der Waals surface area contributed by atoms with E-state index in [2.05, 4.69) is 23.5 Å². The minimum atomic E-state index is 0.795. The molecule has 1 N–H and O–H groups in total. The molecule has 70 valence electrons. The molecule has 0 heterocycles. The first-order chi connectivity index (χ1) is 6.22. The molecule has 1 rings (SSSR count). The average molecular weight is 196 g/mol. The summed E-state index contributed by atoms with van der Waals surface area (Å²) in [6, 6.07) is 6.02. The standard InChI is InChI=1S/C11H14ClN/c1-9-6-10(4-3-5-13-2)8-11(12)7-9/h3-4,6-8,13H,5H2,1-2H3/b4-3+. The number of likely N-dealkylation sites (N-methyl/N-ethyl adjacent to an activating group) is 1. The molecule has 0 aliphatic heterocycles. The maximum atomic E-state index is 5.91. The van der Waals surface area contributed by atoms with Crippen molar-refractivity contribution in [2.75, 3.05) is 13.6 Å². The summed E-state index contributed by atoms with van der Waals surface area (Å²) >= 11 is 5.91. The lowest BCUT2D eigenvalue weighted by molar-refractivity contribution is 0.922. The largest absolute Gasteiger partial charge is 0.316 e. The van der Waals surface area contributed by atoms with E-state index in [9.17, 15) is 0 Å². The van der Waals surface area contributed by atoms with Crippen molar-refractivity contribution in [1.82, 2.24) is 5.32 Å². The first-order valence-electron chi connectivity index (χ1n) is 4.30. The second-order valence-electron chi connectivity index (χ2n) is 3.02. The second-order valence-corrected chi connectivity index (χ2v) is 3.46. The summed E-state index contributed by atoms with van der Waals surface area (Å²) < 4.78 is 0. The average Bonchev–Trinajstić information content (AvgIpc) is 2.03. The van der Waals surface area contributed by atoms with Crippen molar-refractivity contribution in [1.29, 1.82) is 0 Å². The van der Waals surface area contributed by atoms with Gasteiger partial charge in [0.05, 0.1) is 0 Å². The SMILES string of the molecule is CNC/C=C/c1cc(C)cc(Cl)c1. The van der Waals surface area contributed by atoms with E-state index in [0.717, 1.165) is 17.1 Å². The third-order valence-electron chi connectivity index (χ3n) is 1.70. The first-order valence-corrected chi connectivity index (χ1v) is 4.68. The van der Waals surface area contributed by atoms with Crippen LogP contribution in [0.2, 0.25) is 5.02 Å². The van der Waals surface area contributed by atoms with E-state index in [0.29, 0.717) is 0 Å². The maximum Gasteiger partial charge on any atom is 0.0414 e. The number of nitrogens with one attached hydrogen (secondary N) is 1. The Kier molecular flexibility index (Phi) is 4.00. The molecule has 0 aliphatic rings. The zero-order valence-electron chi connectivity index (χ0n) is 7.97. The Morgan fingerprint density at radius 1 is 1.38 bits per heavy atom. The summed E-state index contributed by atoms with van der Waals surface area (Å²) in [4.78, 5) is 0. The quantitative estimate of drug-likeness (QED) is 0.782. The monoisotopic (exact) mass is 195 g/mol. The Bertz CT molecular complexity index is 285. The van der Waals surface area contributed by atoms with Crippen LogP contribution in [-0.4, -0.2) is 13.6 Å². The van der Waals surface area contributed by atoms with Crippen molar-refractivity contribution in [2.45, 2.75) is 6.92 Å². The zero-order chi connectivity index (χ0) is 9.68. The first kappa shape index (κ1) is 10.3. The molecule has 0 saturated carbocycles. The van der Waals surface area contributed by atoms with Crippen molar-refractivity contribution in [3.63, 3.8) is 0 Å². The van der Waals surface area contributed by atoms with Crippen LogP contribution in [0.5, 0.6) is 0 Å². The molecule has 13 heavy (non-hydrogen) atoms. The highest BCUT2D eigenvalue weighted by molar-refractivity contribution is 6.30. The summed E-state index contributed by atoms with van der Waals surface area (Å²) in [6.07, 6.45) is 4.14. The van der Waals surface area contributed by atoms with E-state index >= 15 is 0 Å². The fraction of sp³-hybridized carbons (Fsp3) is 0.273. The molecule has 2 heteroatoms. The van der Waals surface area contributed by atoms with Crippen LogP contribution in [0.25, 0.3) is 6.08 Å². The van der Waals surface area contributed by atoms with Gasteiger partial charge in [0.1, 0.15) is 0 Å². The third kappa shape index (κ3) is 3.62. The highest BCUT2D eigenvalue weighted by Gasteiger charge is 1.92. The van der Waals surface area contributed by atoms with Gasteiger partial charge in [0.15, 0.2) is 0 Å². The van der Waals surface area contributed by atoms with Gasteiger partial charge in [0.2, 0.25) is 0 Å². The number of benzene rings is 1. The molecule has 0 unspecified atom stereocenters. The van der Waals surface area contributed by atoms with Crippen LogP contribution in [0.1, 0.15) is 11.1 Å². The Balaban J connectivity index is 2.77. The Hall–Kier alpha value is -0.790. The van der Waals surface area contributed by atoms with E-state index in [-0.39, 0.29) is 0 Å². The summed E-state index contributed by atoms with van der Waals surface area (Å²) in [6.45, 7) is 2.92. The number of halogens is 1. The Labute approximate surface area is 84.4 Å². The minimum absolute atomic E-state index is 0.795. The molecule has 0 amide bonds. The van der Waals surface area contributed by atoms with E-state index in [1.54, 1.807) is 0 Å². The fourth-order valence-corrected chi connectivity index (χ4v) is 1.47. The van der Waals surface area contributed by atoms with Crippen LogP contribution in [-0.2, 0) is 0 Å². The molecule has 1 aromatic rings. The van der Waals surface area contributed by atoms with Crippen molar-refractivity contribution in [3.8, 4) is 0 Å². The summed E-state index contributed by atoms with van der Waals surface area (Å²) in [5.74, 6) is 0. The van der Waals surface area contributed by atoms with Gasteiger partial charge < -0.3 is 5.32 Å². The van der Waals surface area contributed by atoms with Crippen molar-refractivity contribution < 1.29 is 0 Å². The Morgan fingerprint density at radius 3 is 2.77 bits per heavy atom. The lowest BCUT2D eigenvalue weighted by atomic mass is 10.1. The zero-order valence-corrected chi connectivity index (χ0v) is 8.73. The normalized spacial score (nSPS) is 11.0. The topological polar surface area (TPSA) is 12.0 Å². The molecule has 0 aromatic heterocycles. The van der Waals surface area contributed by atoms with Crippen molar-refractivity contribution >= 4 is 17.7 Å². The van der Waals surface area contributed by atoms with Crippen LogP contribution >= 0.6 is 11.6 Å². The van der Waals surface area contributed by atoms with Gasteiger partial charge in [0.25, 0.3) is 0 Å². The fourth-order valence-electron chi connectivity index (χ4n) is 1.17. The molecule has 0 aliphatic carbocycles. The predicted octanol–water partition coefficient (Wildman–Crippen LogP) is 2.88. The smallest absolute Gasteiger partial charge is 0.0414 e. The molecule has 1 aromatic carbocycles. The van der Waals surface area contributed by atoms with Gasteiger partial charge in [-0.15, -0.1) is 0 Å². The van der Waals surface area contributed by atoms with E-state index in [1.807, 2.05) is 26.1 Å². The van der Waals surface area contributed by atoms with Crippen LogP contribution in [0.3, 0.4) is 0 Å². The molecule has 1 nitrogen and oxygen atoms in total. The molecule has 0 spiro atoms. The van der Waals surface area contributed by atoms with Gasteiger partial charge in [-0.1, -0.05) is 29.8 Å². The molecule has 0 radical (unpaired) electrons. The number of rotatable bonds is 3. The van der Waals surface area contributed by atoms with Crippen molar-refractivity contribution in [2.24, 2.45) is 0 Å². The van der Waals surface area contributed by atoms with Gasteiger partial charge in [-0.25, -0.2) is 0 Å². The number of aryl methyl sites for hydroxylation is 1. The summed E-state index contributed by atoms with van der Waals surface area (Å²) in [5.41, 5.74) is 2.34. The number of hydrogen-bond donors (Lipinski definition) is 1. The lowest BCUT2D eigenvalue weighted by Crippen LogP contribution is -2.03. The molecule has 0 fully saturated rings. The maximum absolute atomic E-state index is 5.91. The molecular weight excluding hydrogens is 182 g/mol. The van der Waals surface area contributed by atoms with Gasteiger partial charge >= 0.3 is 0 Å². The predicted molar refractivity (Wildman–Crippen MR) is 59.1 cm³/mol. The molecule has 0 saturated heterocycles. The van der Waals surface area contributed by atoms with Gasteiger partial charge in [-0.05, 0) is 37.2 Å². The van der Waals surface area contributed by atoms with Gasteiger partial charge in [0, 0.05) is 11.6 Å². The Morgan fingerprint density at radius 2 is 2.15 bits per heavy atom. The van der Waals surface area contributed by atoms with Crippen LogP contribution in [0, 0.1) is 6.92 Å². The van der Waals surface area contributed by atoms with Crippen LogP contribution < -0.4 is 5.32 Å². The molecular formula is C11H14ClN. The molecule has 0 bridgehead atoms.